The summed E-state index contributed by atoms with van der Waals surface area (Å²) in [5.41, 5.74) is 11.2. The third kappa shape index (κ3) is 2.93. The molecule has 6 heteroatoms. The van der Waals surface area contributed by atoms with Gasteiger partial charge in [-0.25, -0.2) is 9.37 Å². The van der Waals surface area contributed by atoms with Crippen LogP contribution in [0.1, 0.15) is 5.56 Å². The average Bonchev–Trinajstić information content (AvgIpc) is 2.58. The van der Waals surface area contributed by atoms with Crippen LogP contribution >= 0.6 is 0 Å². The van der Waals surface area contributed by atoms with Crippen molar-refractivity contribution in [1.82, 2.24) is 4.98 Å². The minimum Gasteiger partial charge on any atom is -0.494 e. The predicted molar refractivity (Wildman–Crippen MR) is 86.5 cm³/mol. The minimum absolute atomic E-state index is 0.141. The first-order chi connectivity index (χ1) is 11.2. The van der Waals surface area contributed by atoms with Crippen LogP contribution in [0.15, 0.2) is 53.6 Å². The first-order valence-corrected chi connectivity index (χ1v) is 6.96. The van der Waals surface area contributed by atoms with Crippen molar-refractivity contribution < 1.29 is 9.13 Å². The van der Waals surface area contributed by atoms with E-state index in [1.54, 1.807) is 19.2 Å². The lowest BCUT2D eigenvalue weighted by Gasteiger charge is -2.11. The van der Waals surface area contributed by atoms with E-state index in [9.17, 15) is 4.39 Å². The number of ether oxygens (including phenoxy) is 1. The molecule has 0 saturated carbocycles. The number of hydrogen-bond donors (Lipinski definition) is 0. The lowest BCUT2D eigenvalue weighted by molar-refractivity contribution is 0.419. The van der Waals surface area contributed by atoms with E-state index in [0.29, 0.717) is 22.5 Å². The number of fused-ring (bicyclic) bond motifs is 1. The molecule has 0 saturated heterocycles. The maximum absolute atomic E-state index is 13.6. The molecule has 0 aliphatic carbocycles. The monoisotopic (exact) mass is 308 g/mol. The van der Waals surface area contributed by atoms with Gasteiger partial charge >= 0.3 is 0 Å². The molecule has 0 unspecified atom stereocenters. The predicted octanol–water partition coefficient (Wildman–Crippen LogP) is 4.86. The molecule has 0 spiro atoms. The van der Waals surface area contributed by atoms with E-state index in [0.717, 1.165) is 10.9 Å². The van der Waals surface area contributed by atoms with E-state index >= 15 is 0 Å². The Morgan fingerprint density at radius 3 is 2.78 bits per heavy atom. The van der Waals surface area contributed by atoms with Crippen molar-refractivity contribution >= 4 is 10.9 Å². The topological polar surface area (TPSA) is 70.9 Å². The summed E-state index contributed by atoms with van der Waals surface area (Å²) in [5.74, 6) is 0.287. The summed E-state index contributed by atoms with van der Waals surface area (Å²) in [6.07, 6.45) is 0. The van der Waals surface area contributed by atoms with Gasteiger partial charge in [0.15, 0.2) is 0 Å². The van der Waals surface area contributed by atoms with Crippen molar-refractivity contribution in [3.05, 3.63) is 70.4 Å². The number of azide groups is 1. The van der Waals surface area contributed by atoms with Crippen molar-refractivity contribution in [1.29, 1.82) is 0 Å². The summed E-state index contributed by atoms with van der Waals surface area (Å²) in [4.78, 5) is 7.43. The van der Waals surface area contributed by atoms with E-state index < -0.39 is 0 Å². The molecule has 23 heavy (non-hydrogen) atoms. The van der Waals surface area contributed by atoms with Gasteiger partial charge in [0.25, 0.3) is 0 Å². The van der Waals surface area contributed by atoms with Gasteiger partial charge in [-0.15, -0.1) is 0 Å². The molecule has 0 fully saturated rings. The van der Waals surface area contributed by atoms with Crippen molar-refractivity contribution in [2.45, 2.75) is 6.54 Å². The Morgan fingerprint density at radius 1 is 1.22 bits per heavy atom. The molecule has 0 bridgehead atoms. The molecule has 0 aliphatic heterocycles. The summed E-state index contributed by atoms with van der Waals surface area (Å²) < 4.78 is 18.9. The lowest BCUT2D eigenvalue weighted by atomic mass is 10.0. The van der Waals surface area contributed by atoms with Gasteiger partial charge < -0.3 is 4.74 Å². The van der Waals surface area contributed by atoms with Crippen molar-refractivity contribution in [3.8, 4) is 17.0 Å². The molecule has 114 valence electrons. The third-order valence-electron chi connectivity index (χ3n) is 3.51. The van der Waals surface area contributed by atoms with Crippen molar-refractivity contribution in [2.24, 2.45) is 5.11 Å². The van der Waals surface area contributed by atoms with Crippen LogP contribution in [0.3, 0.4) is 0 Å². The van der Waals surface area contributed by atoms with E-state index in [1.807, 2.05) is 24.3 Å². The zero-order valence-electron chi connectivity index (χ0n) is 12.4. The first-order valence-electron chi connectivity index (χ1n) is 6.96. The standard InChI is InChI=1S/C17H13FN4O/c1-23-15-7-3-5-11-8-13(10-20-22-19)16(21-17(11)15)12-4-2-6-14(18)9-12/h2-9H,10H2,1H3. The molecule has 0 atom stereocenters. The Kier molecular flexibility index (Phi) is 4.08. The smallest absolute Gasteiger partial charge is 0.145 e. The Morgan fingerprint density at radius 2 is 2.04 bits per heavy atom. The molecule has 3 rings (SSSR count). The van der Waals surface area contributed by atoms with Crippen molar-refractivity contribution in [2.75, 3.05) is 7.11 Å². The highest BCUT2D eigenvalue weighted by atomic mass is 19.1. The fourth-order valence-corrected chi connectivity index (χ4v) is 2.49. The molecule has 2 aromatic carbocycles. The number of hydrogen-bond acceptors (Lipinski definition) is 3. The lowest BCUT2D eigenvalue weighted by Crippen LogP contribution is -1.96. The van der Waals surface area contributed by atoms with Gasteiger partial charge in [-0.3, -0.25) is 0 Å². The highest BCUT2D eigenvalue weighted by Crippen LogP contribution is 2.31. The maximum Gasteiger partial charge on any atom is 0.145 e. The second-order valence-corrected chi connectivity index (χ2v) is 4.93. The Labute approximate surface area is 132 Å². The van der Waals surface area contributed by atoms with Crippen LogP contribution < -0.4 is 4.74 Å². The summed E-state index contributed by atoms with van der Waals surface area (Å²) in [6.45, 7) is 0.141. The number of nitrogens with zero attached hydrogens (tertiary/aromatic N) is 4. The molecule has 0 amide bonds. The second-order valence-electron chi connectivity index (χ2n) is 4.93. The van der Waals surface area contributed by atoms with Gasteiger partial charge in [-0.1, -0.05) is 29.4 Å². The number of halogens is 1. The summed E-state index contributed by atoms with van der Waals surface area (Å²) in [5, 5.41) is 4.48. The van der Waals surface area contributed by atoms with Gasteiger partial charge in [0, 0.05) is 15.9 Å². The van der Waals surface area contributed by atoms with Gasteiger partial charge in [-0.05, 0) is 35.4 Å². The highest BCUT2D eigenvalue weighted by Gasteiger charge is 2.12. The summed E-state index contributed by atoms with van der Waals surface area (Å²) in [7, 11) is 1.58. The van der Waals surface area contributed by atoms with Gasteiger partial charge in [0.2, 0.25) is 0 Å². The Balaban J connectivity index is 2.29. The number of methoxy groups -OCH3 is 1. The van der Waals surface area contributed by atoms with Crippen LogP contribution in [-0.4, -0.2) is 12.1 Å². The molecule has 1 heterocycles. The summed E-state index contributed by atoms with van der Waals surface area (Å²) >= 11 is 0. The Hall–Kier alpha value is -3.11. The number of benzene rings is 2. The number of aromatic nitrogens is 1. The molecular weight excluding hydrogens is 295 g/mol. The van der Waals surface area contributed by atoms with Crippen LogP contribution in [0.4, 0.5) is 4.39 Å². The Bertz CT molecular complexity index is 920. The van der Waals surface area contributed by atoms with Gasteiger partial charge in [0.05, 0.1) is 19.3 Å². The molecule has 3 aromatic rings. The molecule has 0 radical (unpaired) electrons. The number of rotatable bonds is 4. The zero-order valence-corrected chi connectivity index (χ0v) is 12.4. The van der Waals surface area contributed by atoms with Gasteiger partial charge in [-0.2, -0.15) is 0 Å². The van der Waals surface area contributed by atoms with Crippen molar-refractivity contribution in [3.63, 3.8) is 0 Å². The van der Waals surface area contributed by atoms with Crippen LogP contribution in [0.5, 0.6) is 5.75 Å². The van der Waals surface area contributed by atoms with E-state index in [1.165, 1.54) is 12.1 Å². The van der Waals surface area contributed by atoms with E-state index in [4.69, 9.17) is 10.3 Å². The number of pyridine rings is 1. The second kappa shape index (κ2) is 6.34. The normalized spacial score (nSPS) is 10.3. The average molecular weight is 308 g/mol. The zero-order chi connectivity index (χ0) is 16.2. The molecule has 0 aliphatic rings. The van der Waals surface area contributed by atoms with Gasteiger partial charge in [0.1, 0.15) is 17.1 Å². The highest BCUT2D eigenvalue weighted by molar-refractivity contribution is 5.88. The van der Waals surface area contributed by atoms with Crippen LogP contribution in [-0.2, 0) is 6.54 Å². The SMILES string of the molecule is COc1cccc2cc(CN=[N+]=[N-])c(-c3cccc(F)c3)nc12. The maximum atomic E-state index is 13.6. The fourth-order valence-electron chi connectivity index (χ4n) is 2.49. The minimum atomic E-state index is -0.348. The summed E-state index contributed by atoms with van der Waals surface area (Å²) in [6, 6.07) is 13.6. The third-order valence-corrected chi connectivity index (χ3v) is 3.51. The largest absolute Gasteiger partial charge is 0.494 e. The molecule has 1 aromatic heterocycles. The quantitative estimate of drug-likeness (QED) is 0.392. The first kappa shape index (κ1) is 14.8. The van der Waals surface area contributed by atoms with Crippen LogP contribution in [0.2, 0.25) is 0 Å². The molecule has 5 nitrogen and oxygen atoms in total. The fraction of sp³-hybridized carbons (Fsp3) is 0.118. The van der Waals surface area contributed by atoms with E-state index in [-0.39, 0.29) is 12.4 Å². The molecular formula is C17H13FN4O. The molecule has 0 N–H and O–H groups in total. The van der Waals surface area contributed by atoms with Crippen LogP contribution in [0.25, 0.3) is 32.6 Å². The van der Waals surface area contributed by atoms with Crippen LogP contribution in [0, 0.1) is 5.82 Å². The van der Waals surface area contributed by atoms with E-state index in [2.05, 4.69) is 15.0 Å². The number of para-hydroxylation sites is 1.